The van der Waals surface area contributed by atoms with Crippen LogP contribution in [0, 0.1) is 0 Å². The fourth-order valence-corrected chi connectivity index (χ4v) is 1.16. The summed E-state index contributed by atoms with van der Waals surface area (Å²) in [7, 11) is 0. The lowest BCUT2D eigenvalue weighted by Crippen LogP contribution is -2.32. The Hall–Kier alpha value is -1.10. The van der Waals surface area contributed by atoms with Crippen molar-refractivity contribution in [3.63, 3.8) is 0 Å². The van der Waals surface area contributed by atoms with Crippen molar-refractivity contribution < 1.29 is 4.79 Å². The first-order chi connectivity index (χ1) is 6.11. The van der Waals surface area contributed by atoms with Gasteiger partial charge in [-0.3, -0.25) is 9.78 Å². The maximum absolute atomic E-state index is 10.7. The highest BCUT2D eigenvalue weighted by molar-refractivity contribution is 9.10. The quantitative estimate of drug-likeness (QED) is 0.837. The van der Waals surface area contributed by atoms with Crippen LogP contribution in [0.1, 0.15) is 6.92 Å². The average molecular weight is 244 g/mol. The zero-order valence-corrected chi connectivity index (χ0v) is 8.71. The minimum Gasteiger partial charge on any atom is -0.373 e. The maximum Gasteiger partial charge on any atom is 0.239 e. The summed E-state index contributed by atoms with van der Waals surface area (Å²) < 4.78 is 0.808. The van der Waals surface area contributed by atoms with E-state index in [-0.39, 0.29) is 5.91 Å². The number of amides is 1. The van der Waals surface area contributed by atoms with Crippen LogP contribution >= 0.6 is 15.9 Å². The van der Waals surface area contributed by atoms with Crippen LogP contribution in [0.4, 0.5) is 5.69 Å². The van der Waals surface area contributed by atoms with Crippen LogP contribution in [-0.4, -0.2) is 16.9 Å². The fourth-order valence-electron chi connectivity index (χ4n) is 0.797. The summed E-state index contributed by atoms with van der Waals surface area (Å²) in [6.07, 6.45) is 3.29. The standard InChI is InChI=1S/C8H10BrN3O/c1-5(8(10)13)12-7-2-3-11-4-6(7)9/h2-5H,1H3,(H2,10,13)(H,11,12). The lowest BCUT2D eigenvalue weighted by molar-refractivity contribution is -0.118. The van der Waals surface area contributed by atoms with E-state index < -0.39 is 6.04 Å². The van der Waals surface area contributed by atoms with E-state index in [0.717, 1.165) is 10.2 Å². The van der Waals surface area contributed by atoms with Crippen molar-refractivity contribution in [3.05, 3.63) is 22.9 Å². The Morgan fingerprint density at radius 3 is 3.00 bits per heavy atom. The highest BCUT2D eigenvalue weighted by Gasteiger charge is 2.09. The molecule has 0 bridgehead atoms. The third-order valence-electron chi connectivity index (χ3n) is 1.57. The molecular formula is C8H10BrN3O. The normalized spacial score (nSPS) is 12.2. The Balaban J connectivity index is 2.74. The summed E-state index contributed by atoms with van der Waals surface area (Å²) in [6.45, 7) is 1.70. The van der Waals surface area contributed by atoms with Gasteiger partial charge in [-0.05, 0) is 28.9 Å². The van der Waals surface area contributed by atoms with E-state index in [4.69, 9.17) is 5.73 Å². The van der Waals surface area contributed by atoms with Crippen molar-refractivity contribution in [2.75, 3.05) is 5.32 Å². The van der Waals surface area contributed by atoms with Crippen LogP contribution < -0.4 is 11.1 Å². The molecule has 1 amide bonds. The van der Waals surface area contributed by atoms with Gasteiger partial charge in [0.15, 0.2) is 0 Å². The second kappa shape index (κ2) is 4.23. The molecule has 1 aromatic heterocycles. The molecule has 1 aromatic rings. The highest BCUT2D eigenvalue weighted by Crippen LogP contribution is 2.20. The number of carbonyl (C=O) groups excluding carboxylic acids is 1. The minimum atomic E-state index is -0.390. The number of carbonyl (C=O) groups is 1. The largest absolute Gasteiger partial charge is 0.373 e. The Bertz CT molecular complexity index is 316. The number of pyridine rings is 1. The molecule has 13 heavy (non-hydrogen) atoms. The maximum atomic E-state index is 10.7. The summed E-state index contributed by atoms with van der Waals surface area (Å²) in [5.41, 5.74) is 5.91. The van der Waals surface area contributed by atoms with Crippen molar-refractivity contribution in [2.45, 2.75) is 13.0 Å². The van der Waals surface area contributed by atoms with E-state index in [9.17, 15) is 4.79 Å². The number of halogens is 1. The van der Waals surface area contributed by atoms with E-state index in [1.165, 1.54) is 0 Å². The van der Waals surface area contributed by atoms with Gasteiger partial charge in [0.05, 0.1) is 10.2 Å². The number of hydrogen-bond donors (Lipinski definition) is 2. The van der Waals surface area contributed by atoms with Gasteiger partial charge in [0, 0.05) is 12.4 Å². The van der Waals surface area contributed by atoms with Crippen molar-refractivity contribution in [2.24, 2.45) is 5.73 Å². The summed E-state index contributed by atoms with van der Waals surface area (Å²) >= 11 is 3.30. The topological polar surface area (TPSA) is 68.0 Å². The molecule has 0 spiro atoms. The van der Waals surface area contributed by atoms with E-state index >= 15 is 0 Å². The molecule has 0 aliphatic carbocycles. The molecule has 0 saturated carbocycles. The number of aromatic nitrogens is 1. The van der Waals surface area contributed by atoms with Crippen LogP contribution in [-0.2, 0) is 4.79 Å². The van der Waals surface area contributed by atoms with Gasteiger partial charge in [-0.15, -0.1) is 0 Å². The van der Waals surface area contributed by atoms with E-state index in [1.54, 1.807) is 25.4 Å². The fraction of sp³-hybridized carbons (Fsp3) is 0.250. The summed E-state index contributed by atoms with van der Waals surface area (Å²) in [5.74, 6) is -0.385. The Morgan fingerprint density at radius 2 is 2.46 bits per heavy atom. The number of nitrogens with two attached hydrogens (primary N) is 1. The zero-order valence-electron chi connectivity index (χ0n) is 7.12. The van der Waals surface area contributed by atoms with Crippen LogP contribution in [0.3, 0.4) is 0 Å². The number of rotatable bonds is 3. The first kappa shape index (κ1) is 9.98. The predicted octanol–water partition coefficient (Wildman–Crippen LogP) is 1.13. The molecule has 0 radical (unpaired) electrons. The van der Waals surface area contributed by atoms with Gasteiger partial charge in [0.25, 0.3) is 0 Å². The van der Waals surface area contributed by atoms with Gasteiger partial charge in [0.1, 0.15) is 6.04 Å². The second-order valence-corrected chi connectivity index (χ2v) is 3.48. The van der Waals surface area contributed by atoms with E-state index in [1.807, 2.05) is 0 Å². The number of hydrogen-bond acceptors (Lipinski definition) is 3. The smallest absolute Gasteiger partial charge is 0.239 e. The van der Waals surface area contributed by atoms with Gasteiger partial charge in [-0.2, -0.15) is 0 Å². The van der Waals surface area contributed by atoms with Crippen molar-refractivity contribution in [1.29, 1.82) is 0 Å². The number of nitrogens with zero attached hydrogens (tertiary/aromatic N) is 1. The first-order valence-corrected chi connectivity index (χ1v) is 4.56. The van der Waals surface area contributed by atoms with E-state index in [0.29, 0.717) is 0 Å². The number of nitrogens with one attached hydrogen (secondary N) is 1. The molecule has 1 atom stereocenters. The monoisotopic (exact) mass is 243 g/mol. The predicted molar refractivity (Wildman–Crippen MR) is 54.2 cm³/mol. The van der Waals surface area contributed by atoms with Crippen molar-refractivity contribution in [1.82, 2.24) is 4.98 Å². The zero-order chi connectivity index (χ0) is 9.84. The van der Waals surface area contributed by atoms with Crippen LogP contribution in [0.15, 0.2) is 22.9 Å². The molecule has 0 aromatic carbocycles. The minimum absolute atomic E-state index is 0.385. The number of anilines is 1. The summed E-state index contributed by atoms with van der Waals surface area (Å²) in [6, 6.07) is 1.38. The molecular weight excluding hydrogens is 234 g/mol. The molecule has 0 aliphatic heterocycles. The van der Waals surface area contributed by atoms with E-state index in [2.05, 4.69) is 26.2 Å². The lowest BCUT2D eigenvalue weighted by atomic mass is 10.3. The Morgan fingerprint density at radius 1 is 1.77 bits per heavy atom. The number of primary amides is 1. The summed E-state index contributed by atoms with van der Waals surface area (Å²) in [4.78, 5) is 14.6. The van der Waals surface area contributed by atoms with Crippen molar-refractivity contribution >= 4 is 27.5 Å². The average Bonchev–Trinajstić information content (AvgIpc) is 2.08. The van der Waals surface area contributed by atoms with Gasteiger partial charge in [0.2, 0.25) is 5.91 Å². The molecule has 0 saturated heterocycles. The van der Waals surface area contributed by atoms with Crippen LogP contribution in [0.25, 0.3) is 0 Å². The molecule has 0 fully saturated rings. The molecule has 3 N–H and O–H groups in total. The molecule has 4 nitrogen and oxygen atoms in total. The molecule has 1 rings (SSSR count). The second-order valence-electron chi connectivity index (χ2n) is 2.62. The molecule has 5 heteroatoms. The third kappa shape index (κ3) is 2.69. The van der Waals surface area contributed by atoms with Crippen LogP contribution in [0.2, 0.25) is 0 Å². The van der Waals surface area contributed by atoms with Gasteiger partial charge in [-0.1, -0.05) is 0 Å². The molecule has 1 unspecified atom stereocenters. The first-order valence-electron chi connectivity index (χ1n) is 3.76. The Kier molecular flexibility index (Phi) is 3.25. The lowest BCUT2D eigenvalue weighted by Gasteiger charge is -2.12. The highest BCUT2D eigenvalue weighted by atomic mass is 79.9. The molecule has 70 valence electrons. The summed E-state index contributed by atoms with van der Waals surface area (Å²) in [5, 5.41) is 2.95. The SMILES string of the molecule is CC(Nc1ccncc1Br)C(N)=O. The van der Waals surface area contributed by atoms with Gasteiger partial charge >= 0.3 is 0 Å². The molecule has 1 heterocycles. The van der Waals surface area contributed by atoms with Gasteiger partial charge < -0.3 is 11.1 Å². The Labute approximate surface area is 84.7 Å². The van der Waals surface area contributed by atoms with Gasteiger partial charge in [-0.25, -0.2) is 0 Å². The molecule has 0 aliphatic rings. The van der Waals surface area contributed by atoms with Crippen LogP contribution in [0.5, 0.6) is 0 Å². The third-order valence-corrected chi connectivity index (χ3v) is 2.20. The van der Waals surface area contributed by atoms with Crippen molar-refractivity contribution in [3.8, 4) is 0 Å².